The van der Waals surface area contributed by atoms with Crippen LogP contribution in [0.15, 0.2) is 21.2 Å². The molecule has 1 atom stereocenters. The molecule has 0 aromatic carbocycles. The van der Waals surface area contributed by atoms with Gasteiger partial charge in [-0.1, -0.05) is 10.3 Å². The second kappa shape index (κ2) is 4.09. The molecule has 2 aromatic rings. The maximum absolute atomic E-state index is 5.57. The van der Waals surface area contributed by atoms with Gasteiger partial charge in [-0.05, 0) is 6.92 Å². The third kappa shape index (κ3) is 2.32. The zero-order valence-electron chi connectivity index (χ0n) is 8.17. The largest absolute Gasteiger partial charge is 0.406 e. The monoisotopic (exact) mass is 209 g/mol. The molecule has 0 saturated heterocycles. The first-order valence-electron chi connectivity index (χ1n) is 4.48. The van der Waals surface area contributed by atoms with E-state index in [0.717, 1.165) is 0 Å². The smallest absolute Gasteiger partial charge is 0.315 e. The van der Waals surface area contributed by atoms with E-state index in [-0.39, 0.29) is 6.04 Å². The molecule has 2 rings (SSSR count). The maximum Gasteiger partial charge on any atom is 0.315 e. The summed E-state index contributed by atoms with van der Waals surface area (Å²) in [6.07, 6.45) is 1.57. The SMILES string of the molecule is CC(N)c1nnc(NCc2ccno2)o1. The van der Waals surface area contributed by atoms with Crippen LogP contribution in [0, 0.1) is 0 Å². The van der Waals surface area contributed by atoms with Crippen molar-refractivity contribution in [1.29, 1.82) is 0 Å². The summed E-state index contributed by atoms with van der Waals surface area (Å²) >= 11 is 0. The van der Waals surface area contributed by atoms with Crippen molar-refractivity contribution in [2.75, 3.05) is 5.32 Å². The molecule has 0 saturated carbocycles. The Balaban J connectivity index is 1.94. The fourth-order valence-corrected chi connectivity index (χ4v) is 0.986. The first-order chi connectivity index (χ1) is 7.25. The number of nitrogens with one attached hydrogen (secondary N) is 1. The molecule has 0 aliphatic rings. The van der Waals surface area contributed by atoms with Crippen LogP contribution in [0.3, 0.4) is 0 Å². The first-order valence-corrected chi connectivity index (χ1v) is 4.48. The van der Waals surface area contributed by atoms with Crippen LogP contribution in [0.25, 0.3) is 0 Å². The summed E-state index contributed by atoms with van der Waals surface area (Å²) in [5.41, 5.74) is 5.57. The molecule has 3 N–H and O–H groups in total. The predicted molar refractivity (Wildman–Crippen MR) is 50.7 cm³/mol. The highest BCUT2D eigenvalue weighted by Crippen LogP contribution is 2.11. The summed E-state index contributed by atoms with van der Waals surface area (Å²) in [4.78, 5) is 0. The van der Waals surface area contributed by atoms with Gasteiger partial charge in [0, 0.05) is 6.07 Å². The van der Waals surface area contributed by atoms with E-state index in [4.69, 9.17) is 14.7 Å². The molecule has 0 radical (unpaired) electrons. The second-order valence-electron chi connectivity index (χ2n) is 3.07. The van der Waals surface area contributed by atoms with E-state index in [0.29, 0.717) is 24.2 Å². The summed E-state index contributed by atoms with van der Waals surface area (Å²) in [5.74, 6) is 1.09. The Labute approximate surface area is 85.6 Å². The third-order valence-corrected chi connectivity index (χ3v) is 1.74. The van der Waals surface area contributed by atoms with Crippen molar-refractivity contribution in [1.82, 2.24) is 15.4 Å². The molecule has 0 amide bonds. The van der Waals surface area contributed by atoms with Crippen LogP contribution in [0.5, 0.6) is 0 Å². The fourth-order valence-electron chi connectivity index (χ4n) is 0.986. The summed E-state index contributed by atoms with van der Waals surface area (Å²) in [5, 5.41) is 14.0. The lowest BCUT2D eigenvalue weighted by Gasteiger charge is -1.97. The molecule has 0 spiro atoms. The minimum atomic E-state index is -0.265. The van der Waals surface area contributed by atoms with E-state index in [1.807, 2.05) is 0 Å². The average molecular weight is 209 g/mol. The molecule has 15 heavy (non-hydrogen) atoms. The molecule has 0 aliphatic carbocycles. The Morgan fingerprint density at radius 2 is 2.40 bits per heavy atom. The molecule has 0 bridgehead atoms. The van der Waals surface area contributed by atoms with Crippen molar-refractivity contribution < 1.29 is 8.94 Å². The highest BCUT2D eigenvalue weighted by atomic mass is 16.5. The van der Waals surface area contributed by atoms with Crippen molar-refractivity contribution in [2.45, 2.75) is 19.5 Å². The summed E-state index contributed by atoms with van der Waals surface area (Å²) in [7, 11) is 0. The Kier molecular flexibility index (Phi) is 2.64. The van der Waals surface area contributed by atoms with Crippen LogP contribution in [0.4, 0.5) is 6.01 Å². The normalized spacial score (nSPS) is 12.7. The van der Waals surface area contributed by atoms with E-state index in [1.54, 1.807) is 19.2 Å². The zero-order valence-corrected chi connectivity index (χ0v) is 8.17. The van der Waals surface area contributed by atoms with E-state index in [9.17, 15) is 0 Å². The fraction of sp³-hybridized carbons (Fsp3) is 0.375. The van der Waals surface area contributed by atoms with E-state index in [2.05, 4.69) is 20.7 Å². The van der Waals surface area contributed by atoms with Gasteiger partial charge in [0.15, 0.2) is 5.76 Å². The van der Waals surface area contributed by atoms with E-state index in [1.165, 1.54) is 0 Å². The Bertz CT molecular complexity index is 408. The van der Waals surface area contributed by atoms with Crippen molar-refractivity contribution in [3.8, 4) is 0 Å². The minimum Gasteiger partial charge on any atom is -0.406 e. The molecule has 1 unspecified atom stereocenters. The zero-order chi connectivity index (χ0) is 10.7. The molecule has 2 heterocycles. The first kappa shape index (κ1) is 9.66. The lowest BCUT2D eigenvalue weighted by atomic mass is 10.4. The van der Waals surface area contributed by atoms with Gasteiger partial charge < -0.3 is 20.0 Å². The van der Waals surface area contributed by atoms with Crippen molar-refractivity contribution in [3.63, 3.8) is 0 Å². The predicted octanol–water partition coefficient (Wildman–Crippen LogP) is 0.689. The van der Waals surface area contributed by atoms with Crippen LogP contribution >= 0.6 is 0 Å². The third-order valence-electron chi connectivity index (χ3n) is 1.74. The number of nitrogens with two attached hydrogens (primary N) is 1. The summed E-state index contributed by atoms with van der Waals surface area (Å²) in [6, 6.07) is 1.80. The summed E-state index contributed by atoms with van der Waals surface area (Å²) in [6.45, 7) is 2.22. The number of hydrogen-bond donors (Lipinski definition) is 2. The number of nitrogens with zero attached hydrogens (tertiary/aromatic N) is 3. The Morgan fingerprint density at radius 3 is 3.00 bits per heavy atom. The van der Waals surface area contributed by atoms with Gasteiger partial charge in [-0.3, -0.25) is 0 Å². The van der Waals surface area contributed by atoms with Crippen LogP contribution in [-0.4, -0.2) is 15.4 Å². The number of rotatable bonds is 4. The van der Waals surface area contributed by atoms with Crippen LogP contribution in [0.1, 0.15) is 24.6 Å². The number of hydrogen-bond acceptors (Lipinski definition) is 7. The molecular formula is C8H11N5O2. The number of aromatic nitrogens is 3. The Morgan fingerprint density at radius 1 is 1.53 bits per heavy atom. The van der Waals surface area contributed by atoms with Gasteiger partial charge in [0.2, 0.25) is 5.89 Å². The average Bonchev–Trinajstić information content (AvgIpc) is 2.86. The molecule has 0 fully saturated rings. The van der Waals surface area contributed by atoms with Crippen LogP contribution in [-0.2, 0) is 6.54 Å². The number of anilines is 1. The quantitative estimate of drug-likeness (QED) is 0.763. The van der Waals surface area contributed by atoms with Gasteiger partial charge in [0.05, 0.1) is 18.8 Å². The summed E-state index contributed by atoms with van der Waals surface area (Å²) < 4.78 is 10.1. The van der Waals surface area contributed by atoms with Gasteiger partial charge in [-0.2, -0.15) is 0 Å². The molecule has 7 heteroatoms. The van der Waals surface area contributed by atoms with Gasteiger partial charge in [-0.15, -0.1) is 5.10 Å². The van der Waals surface area contributed by atoms with Crippen LogP contribution in [0.2, 0.25) is 0 Å². The van der Waals surface area contributed by atoms with E-state index < -0.39 is 0 Å². The lowest BCUT2D eigenvalue weighted by molar-refractivity contribution is 0.386. The molecule has 0 aliphatic heterocycles. The van der Waals surface area contributed by atoms with Gasteiger partial charge in [-0.25, -0.2) is 0 Å². The van der Waals surface area contributed by atoms with Crippen LogP contribution < -0.4 is 11.1 Å². The maximum atomic E-state index is 5.57. The second-order valence-corrected chi connectivity index (χ2v) is 3.07. The Hall–Kier alpha value is -1.89. The molecule has 80 valence electrons. The standard InChI is InChI=1S/C8H11N5O2/c1-5(9)7-12-13-8(14-7)10-4-6-2-3-11-15-6/h2-3,5H,4,9H2,1H3,(H,10,13). The topological polar surface area (TPSA) is 103 Å². The van der Waals surface area contributed by atoms with Crippen molar-refractivity contribution in [3.05, 3.63) is 23.9 Å². The minimum absolute atomic E-state index is 0.265. The molecule has 2 aromatic heterocycles. The highest BCUT2D eigenvalue weighted by molar-refractivity contribution is 5.18. The highest BCUT2D eigenvalue weighted by Gasteiger charge is 2.09. The van der Waals surface area contributed by atoms with Crippen molar-refractivity contribution in [2.24, 2.45) is 5.73 Å². The van der Waals surface area contributed by atoms with Gasteiger partial charge in [0.25, 0.3) is 0 Å². The lowest BCUT2D eigenvalue weighted by Crippen LogP contribution is -2.04. The van der Waals surface area contributed by atoms with Crippen molar-refractivity contribution >= 4 is 6.01 Å². The van der Waals surface area contributed by atoms with E-state index >= 15 is 0 Å². The molecular weight excluding hydrogens is 198 g/mol. The van der Waals surface area contributed by atoms with Gasteiger partial charge in [0.1, 0.15) is 0 Å². The van der Waals surface area contributed by atoms with Gasteiger partial charge >= 0.3 is 6.01 Å². The molecule has 7 nitrogen and oxygen atoms in total.